The van der Waals surface area contributed by atoms with Gasteiger partial charge in [-0.2, -0.15) is 0 Å². The van der Waals surface area contributed by atoms with E-state index >= 15 is 0 Å². The first-order valence-electron chi connectivity index (χ1n) is 7.70. The number of nitrogens with one attached hydrogen (secondary N) is 2. The minimum absolute atomic E-state index is 0.0488. The van der Waals surface area contributed by atoms with Crippen molar-refractivity contribution in [3.05, 3.63) is 53.6 Å². The van der Waals surface area contributed by atoms with E-state index in [0.717, 1.165) is 16.3 Å². The number of ether oxygens (including phenoxy) is 2. The molecule has 0 aliphatic carbocycles. The fourth-order valence-corrected chi connectivity index (χ4v) is 2.27. The van der Waals surface area contributed by atoms with Crippen molar-refractivity contribution in [1.29, 1.82) is 0 Å². The van der Waals surface area contributed by atoms with E-state index in [2.05, 4.69) is 5.32 Å². The summed E-state index contributed by atoms with van der Waals surface area (Å²) in [6, 6.07) is 14.5. The van der Waals surface area contributed by atoms with Crippen molar-refractivity contribution in [3.8, 4) is 11.5 Å². The van der Waals surface area contributed by atoms with E-state index in [1.54, 1.807) is 25.3 Å². The minimum Gasteiger partial charge on any atom is -0.497 e. The van der Waals surface area contributed by atoms with Crippen LogP contribution in [0.25, 0.3) is 0 Å². The standard InChI is InChI=1S/C18H21ClN2O3/c1-21(10-11-24-16-8-6-14(19)7-9-16)13-18(22)20-15-4-3-5-17(12-15)23-2/h3-9,12H,10-11,13H2,1-2H3,(H,20,22)/p+1. The molecule has 0 aliphatic rings. The molecule has 24 heavy (non-hydrogen) atoms. The number of methoxy groups -OCH3 is 1. The quantitative estimate of drug-likeness (QED) is 0.765. The normalized spacial score (nSPS) is 11.6. The first kappa shape index (κ1) is 18.1. The summed E-state index contributed by atoms with van der Waals surface area (Å²) in [5.41, 5.74) is 0.726. The molecule has 0 aromatic heterocycles. The van der Waals surface area contributed by atoms with Gasteiger partial charge < -0.3 is 19.7 Å². The number of benzene rings is 2. The van der Waals surface area contributed by atoms with Gasteiger partial charge in [0.2, 0.25) is 0 Å². The molecule has 2 N–H and O–H groups in total. The molecule has 1 unspecified atom stereocenters. The van der Waals surface area contributed by atoms with Crippen molar-refractivity contribution in [1.82, 2.24) is 0 Å². The number of amides is 1. The van der Waals surface area contributed by atoms with Crippen LogP contribution in [0.3, 0.4) is 0 Å². The van der Waals surface area contributed by atoms with Crippen LogP contribution in [-0.2, 0) is 4.79 Å². The second kappa shape index (κ2) is 9.15. The van der Waals surface area contributed by atoms with Gasteiger partial charge in [0.1, 0.15) is 24.7 Å². The summed E-state index contributed by atoms with van der Waals surface area (Å²) in [7, 11) is 3.55. The summed E-state index contributed by atoms with van der Waals surface area (Å²) in [4.78, 5) is 13.1. The number of carbonyl (C=O) groups is 1. The average Bonchev–Trinajstić information content (AvgIpc) is 2.56. The molecule has 0 fully saturated rings. The average molecular weight is 350 g/mol. The van der Waals surface area contributed by atoms with E-state index in [1.807, 2.05) is 37.4 Å². The molecule has 0 bridgehead atoms. The zero-order chi connectivity index (χ0) is 17.4. The van der Waals surface area contributed by atoms with Gasteiger partial charge in [-0.05, 0) is 36.4 Å². The second-order valence-corrected chi connectivity index (χ2v) is 5.90. The van der Waals surface area contributed by atoms with Crippen molar-refractivity contribution in [2.75, 3.05) is 39.2 Å². The van der Waals surface area contributed by atoms with Gasteiger partial charge in [0.05, 0.1) is 14.2 Å². The third-order valence-electron chi connectivity index (χ3n) is 3.43. The fourth-order valence-electron chi connectivity index (χ4n) is 2.14. The Hall–Kier alpha value is -2.24. The van der Waals surface area contributed by atoms with Gasteiger partial charge in [-0.15, -0.1) is 0 Å². The van der Waals surface area contributed by atoms with Crippen LogP contribution in [-0.4, -0.2) is 39.8 Å². The van der Waals surface area contributed by atoms with Gasteiger partial charge in [-0.3, -0.25) is 4.79 Å². The van der Waals surface area contributed by atoms with E-state index in [-0.39, 0.29) is 5.91 Å². The third kappa shape index (κ3) is 6.10. The minimum atomic E-state index is -0.0488. The van der Waals surface area contributed by atoms with Crippen LogP contribution < -0.4 is 19.7 Å². The molecule has 0 heterocycles. The second-order valence-electron chi connectivity index (χ2n) is 5.47. The highest BCUT2D eigenvalue weighted by molar-refractivity contribution is 6.30. The molecule has 0 saturated carbocycles. The molecule has 2 aromatic rings. The maximum absolute atomic E-state index is 12.1. The monoisotopic (exact) mass is 349 g/mol. The SMILES string of the molecule is COc1cccc(NC(=O)C[NH+](C)CCOc2ccc(Cl)cc2)c1. The van der Waals surface area contributed by atoms with Crippen LogP contribution in [0.4, 0.5) is 5.69 Å². The molecule has 0 aliphatic heterocycles. The molecule has 0 spiro atoms. The van der Waals surface area contributed by atoms with Crippen LogP contribution in [0.5, 0.6) is 11.5 Å². The lowest BCUT2D eigenvalue weighted by molar-refractivity contribution is -0.871. The number of hydrogen-bond donors (Lipinski definition) is 2. The van der Waals surface area contributed by atoms with E-state index in [1.165, 1.54) is 0 Å². The Morgan fingerprint density at radius 3 is 2.62 bits per heavy atom. The van der Waals surface area contributed by atoms with E-state index in [9.17, 15) is 4.79 Å². The fraction of sp³-hybridized carbons (Fsp3) is 0.278. The number of carbonyl (C=O) groups excluding carboxylic acids is 1. The highest BCUT2D eigenvalue weighted by atomic mass is 35.5. The van der Waals surface area contributed by atoms with Gasteiger partial charge >= 0.3 is 0 Å². The Kier molecular flexibility index (Phi) is 6.90. The Morgan fingerprint density at radius 1 is 1.17 bits per heavy atom. The van der Waals surface area contributed by atoms with Gasteiger partial charge in [0.15, 0.2) is 6.54 Å². The summed E-state index contributed by atoms with van der Waals surface area (Å²) < 4.78 is 10.8. The van der Waals surface area contributed by atoms with E-state index in [4.69, 9.17) is 21.1 Å². The topological polar surface area (TPSA) is 52.0 Å². The Bertz CT molecular complexity index is 662. The summed E-state index contributed by atoms with van der Waals surface area (Å²) >= 11 is 5.83. The molecule has 0 radical (unpaired) electrons. The Labute approximate surface area is 147 Å². The van der Waals surface area contributed by atoms with Crippen LogP contribution >= 0.6 is 11.6 Å². The lowest BCUT2D eigenvalue weighted by Crippen LogP contribution is -3.10. The third-order valence-corrected chi connectivity index (χ3v) is 3.68. The molecule has 6 heteroatoms. The summed E-state index contributed by atoms with van der Waals surface area (Å²) in [6.45, 7) is 1.61. The number of halogens is 1. The first-order chi connectivity index (χ1) is 11.6. The van der Waals surface area contributed by atoms with Crippen molar-refractivity contribution in [3.63, 3.8) is 0 Å². The smallest absolute Gasteiger partial charge is 0.279 e. The van der Waals surface area contributed by atoms with Crippen LogP contribution in [0.1, 0.15) is 0 Å². The zero-order valence-corrected chi connectivity index (χ0v) is 14.6. The van der Waals surface area contributed by atoms with E-state index in [0.29, 0.717) is 30.5 Å². The number of hydrogen-bond acceptors (Lipinski definition) is 3. The molecule has 2 aromatic carbocycles. The first-order valence-corrected chi connectivity index (χ1v) is 8.08. The maximum Gasteiger partial charge on any atom is 0.279 e. The van der Waals surface area contributed by atoms with Crippen LogP contribution in [0, 0.1) is 0 Å². The van der Waals surface area contributed by atoms with Gasteiger partial charge in [0.25, 0.3) is 5.91 Å². The molecule has 0 saturated heterocycles. The van der Waals surface area contributed by atoms with Crippen molar-refractivity contribution in [2.24, 2.45) is 0 Å². The van der Waals surface area contributed by atoms with Crippen LogP contribution in [0.15, 0.2) is 48.5 Å². The van der Waals surface area contributed by atoms with Gasteiger partial charge in [-0.25, -0.2) is 0 Å². The number of anilines is 1. The molecule has 5 nitrogen and oxygen atoms in total. The van der Waals surface area contributed by atoms with Crippen molar-refractivity contribution >= 4 is 23.2 Å². The van der Waals surface area contributed by atoms with Crippen LogP contribution in [0.2, 0.25) is 5.02 Å². The van der Waals surface area contributed by atoms with Crippen molar-refractivity contribution in [2.45, 2.75) is 0 Å². The predicted molar refractivity (Wildman–Crippen MR) is 95.2 cm³/mol. The van der Waals surface area contributed by atoms with Gasteiger partial charge in [0, 0.05) is 16.8 Å². The Morgan fingerprint density at radius 2 is 1.92 bits per heavy atom. The predicted octanol–water partition coefficient (Wildman–Crippen LogP) is 1.88. The molecule has 1 amide bonds. The molecular formula is C18H22ClN2O3+. The Balaban J connectivity index is 1.72. The molecule has 2 rings (SSSR count). The van der Waals surface area contributed by atoms with Gasteiger partial charge in [-0.1, -0.05) is 17.7 Å². The lowest BCUT2D eigenvalue weighted by atomic mass is 10.3. The summed E-state index contributed by atoms with van der Waals surface area (Å²) in [5.74, 6) is 1.44. The number of rotatable bonds is 8. The zero-order valence-electron chi connectivity index (χ0n) is 13.8. The molecule has 1 atom stereocenters. The molecule has 128 valence electrons. The largest absolute Gasteiger partial charge is 0.497 e. The lowest BCUT2D eigenvalue weighted by Gasteiger charge is -2.14. The number of likely N-dealkylation sites (N-methyl/N-ethyl adjacent to an activating group) is 1. The summed E-state index contributed by atoms with van der Waals surface area (Å²) in [6.07, 6.45) is 0. The highest BCUT2D eigenvalue weighted by Gasteiger charge is 2.10. The summed E-state index contributed by atoms with van der Waals surface area (Å²) in [5, 5.41) is 3.55. The van der Waals surface area contributed by atoms with Crippen molar-refractivity contribution < 1.29 is 19.2 Å². The highest BCUT2D eigenvalue weighted by Crippen LogP contribution is 2.16. The molecular weight excluding hydrogens is 328 g/mol. The maximum atomic E-state index is 12.1. The van der Waals surface area contributed by atoms with E-state index < -0.39 is 0 Å². The number of quaternary nitrogens is 1.